The van der Waals surface area contributed by atoms with E-state index in [1.807, 2.05) is 47.0 Å². The van der Waals surface area contributed by atoms with E-state index in [0.717, 1.165) is 16.8 Å². The van der Waals surface area contributed by atoms with Crippen LogP contribution in [-0.2, 0) is 29.2 Å². The molecule has 248 valence electrons. The van der Waals surface area contributed by atoms with E-state index in [2.05, 4.69) is 15.3 Å². The molecule has 5 rings (SSSR count). The number of amides is 2. The number of aromatic nitrogens is 3. The number of ketones is 1. The number of halogens is 2. The fourth-order valence-corrected chi connectivity index (χ4v) is 5.84. The number of pyridine rings is 1. The van der Waals surface area contributed by atoms with Crippen LogP contribution in [-0.4, -0.2) is 53.3 Å². The molecular formula is C36H35Cl2N5O5. The second kappa shape index (κ2) is 15.8. The lowest BCUT2D eigenvalue weighted by atomic mass is 10.0. The zero-order chi connectivity index (χ0) is 34.2. The van der Waals surface area contributed by atoms with Crippen molar-refractivity contribution in [2.75, 3.05) is 26.1 Å². The maximum atomic E-state index is 13.1. The molecule has 12 heteroatoms. The SMILES string of the molecule is CNC(=O)c1ccc(CCC(=O)CCC(=O)N(C)c2ccc(Cl)c(COc3cccc4c3nc(OC)n4Cc3ccccn3)c2Cl)cc1. The largest absolute Gasteiger partial charge is 0.486 e. The van der Waals surface area contributed by atoms with Crippen LogP contribution >= 0.6 is 23.2 Å². The second-order valence-corrected chi connectivity index (χ2v) is 11.8. The first-order valence-electron chi connectivity index (χ1n) is 15.3. The zero-order valence-corrected chi connectivity index (χ0v) is 28.3. The number of anilines is 1. The number of rotatable bonds is 14. The molecule has 5 aromatic rings. The lowest BCUT2D eigenvalue weighted by Crippen LogP contribution is -2.27. The summed E-state index contributed by atoms with van der Waals surface area (Å²) in [6.07, 6.45) is 2.68. The Hall–Kier alpha value is -4.93. The number of aryl methyl sites for hydroxylation is 1. The van der Waals surface area contributed by atoms with Crippen molar-refractivity contribution in [3.8, 4) is 11.8 Å². The minimum atomic E-state index is -0.260. The van der Waals surface area contributed by atoms with Gasteiger partial charge in [0.25, 0.3) is 11.9 Å². The Kier molecular flexibility index (Phi) is 11.3. The van der Waals surface area contributed by atoms with E-state index < -0.39 is 0 Å². The van der Waals surface area contributed by atoms with Gasteiger partial charge in [-0.3, -0.25) is 23.9 Å². The molecule has 0 aliphatic heterocycles. The Balaban J connectivity index is 1.22. The van der Waals surface area contributed by atoms with E-state index in [0.29, 0.717) is 58.5 Å². The van der Waals surface area contributed by atoms with Gasteiger partial charge in [0, 0.05) is 55.7 Å². The van der Waals surface area contributed by atoms with Crippen LogP contribution in [0, 0.1) is 0 Å². The van der Waals surface area contributed by atoms with Crippen molar-refractivity contribution in [1.82, 2.24) is 19.9 Å². The van der Waals surface area contributed by atoms with Crippen LogP contribution in [0.1, 0.15) is 46.4 Å². The van der Waals surface area contributed by atoms with Crippen molar-refractivity contribution in [2.24, 2.45) is 0 Å². The first-order chi connectivity index (χ1) is 23.2. The molecule has 0 bridgehead atoms. The lowest BCUT2D eigenvalue weighted by molar-refractivity contribution is -0.123. The quantitative estimate of drug-likeness (QED) is 0.138. The van der Waals surface area contributed by atoms with Crippen molar-refractivity contribution >= 4 is 57.5 Å². The van der Waals surface area contributed by atoms with E-state index in [1.54, 1.807) is 57.7 Å². The normalized spacial score (nSPS) is 10.9. The number of Topliss-reactive ketones (excluding diaryl/α,β-unsaturated/α-hetero) is 1. The zero-order valence-electron chi connectivity index (χ0n) is 26.8. The molecule has 10 nitrogen and oxygen atoms in total. The molecule has 2 amide bonds. The van der Waals surface area contributed by atoms with Crippen molar-refractivity contribution in [2.45, 2.75) is 38.8 Å². The lowest BCUT2D eigenvalue weighted by Gasteiger charge is -2.21. The average Bonchev–Trinajstić information content (AvgIpc) is 3.47. The van der Waals surface area contributed by atoms with E-state index in [4.69, 9.17) is 32.7 Å². The molecule has 1 N–H and O–H groups in total. The molecule has 3 aromatic carbocycles. The van der Waals surface area contributed by atoms with Crippen LogP contribution in [0.15, 0.2) is 79.0 Å². The highest BCUT2D eigenvalue weighted by Gasteiger charge is 2.21. The number of ether oxygens (including phenoxy) is 2. The van der Waals surface area contributed by atoms with Crippen LogP contribution in [0.4, 0.5) is 5.69 Å². The predicted molar refractivity (Wildman–Crippen MR) is 186 cm³/mol. The summed E-state index contributed by atoms with van der Waals surface area (Å²) in [5.41, 5.74) is 4.71. The molecule has 0 atom stereocenters. The summed E-state index contributed by atoms with van der Waals surface area (Å²) in [5.74, 6) is 0.0509. The van der Waals surface area contributed by atoms with Gasteiger partial charge in [-0.1, -0.05) is 47.5 Å². The van der Waals surface area contributed by atoms with Gasteiger partial charge in [0.15, 0.2) is 0 Å². The number of fused-ring (bicyclic) bond motifs is 1. The summed E-state index contributed by atoms with van der Waals surface area (Å²) < 4.78 is 13.7. The number of para-hydroxylation sites is 1. The number of nitrogens with one attached hydrogen (secondary N) is 1. The van der Waals surface area contributed by atoms with Gasteiger partial charge >= 0.3 is 0 Å². The van der Waals surface area contributed by atoms with Crippen molar-refractivity contribution in [3.05, 3.63) is 111 Å². The summed E-state index contributed by atoms with van der Waals surface area (Å²) in [7, 11) is 4.75. The number of carbonyl (C=O) groups is 3. The summed E-state index contributed by atoms with van der Waals surface area (Å²) in [5, 5.41) is 3.24. The highest BCUT2D eigenvalue weighted by molar-refractivity contribution is 6.38. The van der Waals surface area contributed by atoms with Gasteiger partial charge in [0.2, 0.25) is 5.91 Å². The maximum absolute atomic E-state index is 13.1. The predicted octanol–water partition coefficient (Wildman–Crippen LogP) is 6.68. The van der Waals surface area contributed by atoms with Crippen LogP contribution < -0.4 is 19.7 Å². The first kappa shape index (κ1) is 34.4. The molecule has 0 saturated heterocycles. The fraction of sp³-hybridized carbons (Fsp3) is 0.250. The Morgan fingerprint density at radius 2 is 1.73 bits per heavy atom. The highest BCUT2D eigenvalue weighted by atomic mass is 35.5. The number of methoxy groups -OCH3 is 1. The third-order valence-corrected chi connectivity index (χ3v) is 8.74. The van der Waals surface area contributed by atoms with Crippen LogP contribution in [0.3, 0.4) is 0 Å². The highest BCUT2D eigenvalue weighted by Crippen LogP contribution is 2.36. The van der Waals surface area contributed by atoms with E-state index in [-0.39, 0.29) is 42.1 Å². The Morgan fingerprint density at radius 3 is 2.44 bits per heavy atom. The monoisotopic (exact) mass is 687 g/mol. The molecule has 0 radical (unpaired) electrons. The summed E-state index contributed by atoms with van der Waals surface area (Å²) >= 11 is 13.4. The number of benzene rings is 3. The van der Waals surface area contributed by atoms with Gasteiger partial charge in [0.1, 0.15) is 23.7 Å². The number of hydrogen-bond donors (Lipinski definition) is 1. The van der Waals surface area contributed by atoms with Crippen LogP contribution in [0.5, 0.6) is 11.8 Å². The molecule has 0 aliphatic rings. The Bertz CT molecular complexity index is 1930. The average molecular weight is 689 g/mol. The molecule has 0 saturated carbocycles. The number of nitrogens with zero attached hydrogens (tertiary/aromatic N) is 4. The van der Waals surface area contributed by atoms with Gasteiger partial charge in [-0.25, -0.2) is 0 Å². The van der Waals surface area contributed by atoms with Crippen molar-refractivity contribution < 1.29 is 23.9 Å². The third kappa shape index (κ3) is 7.95. The standard InChI is InChI=1S/C36H35Cl2N5O5/c1-39-35(46)24-13-10-23(11-14-24)12-15-26(44)16-19-32(45)42(2)29-18-17-28(37)27(33(29)38)22-48-31-9-6-8-30-34(31)41-36(47-3)43(30)21-25-7-4-5-20-40-25/h4-11,13-14,17-18,20H,12,15-16,19,21-22H2,1-3H3,(H,39,46). The molecule has 0 fully saturated rings. The molecule has 0 spiro atoms. The fourth-order valence-electron chi connectivity index (χ4n) is 5.23. The van der Waals surface area contributed by atoms with Gasteiger partial charge in [-0.05, 0) is 60.5 Å². The minimum Gasteiger partial charge on any atom is -0.486 e. The number of imidazole rings is 1. The maximum Gasteiger partial charge on any atom is 0.297 e. The molecule has 48 heavy (non-hydrogen) atoms. The van der Waals surface area contributed by atoms with Gasteiger partial charge in [0.05, 0.1) is 35.6 Å². The second-order valence-electron chi connectivity index (χ2n) is 11.0. The van der Waals surface area contributed by atoms with Gasteiger partial charge < -0.3 is 19.7 Å². The smallest absolute Gasteiger partial charge is 0.297 e. The van der Waals surface area contributed by atoms with Crippen molar-refractivity contribution in [1.29, 1.82) is 0 Å². The van der Waals surface area contributed by atoms with Gasteiger partial charge in [-0.15, -0.1) is 0 Å². The first-order valence-corrected chi connectivity index (χ1v) is 16.1. The molecule has 0 aliphatic carbocycles. The van der Waals surface area contributed by atoms with Gasteiger partial charge in [-0.2, -0.15) is 4.98 Å². The summed E-state index contributed by atoms with van der Waals surface area (Å²) in [6, 6.07) is 22.2. The third-order valence-electron chi connectivity index (χ3n) is 7.96. The number of carbonyl (C=O) groups excluding carboxylic acids is 3. The summed E-state index contributed by atoms with van der Waals surface area (Å²) in [4.78, 5) is 47.9. The Labute approximate surface area is 288 Å². The van der Waals surface area contributed by atoms with E-state index in [1.165, 1.54) is 4.90 Å². The molecule has 2 aromatic heterocycles. The summed E-state index contributed by atoms with van der Waals surface area (Å²) in [6.45, 7) is 0.481. The van der Waals surface area contributed by atoms with Crippen LogP contribution in [0.2, 0.25) is 10.0 Å². The van der Waals surface area contributed by atoms with Crippen LogP contribution in [0.25, 0.3) is 11.0 Å². The van der Waals surface area contributed by atoms with Crippen molar-refractivity contribution in [3.63, 3.8) is 0 Å². The van der Waals surface area contributed by atoms with E-state index in [9.17, 15) is 14.4 Å². The topological polar surface area (TPSA) is 116 Å². The van der Waals surface area contributed by atoms with E-state index >= 15 is 0 Å². The minimum absolute atomic E-state index is 0.0185. The number of hydrogen-bond acceptors (Lipinski definition) is 7. The molecular weight excluding hydrogens is 653 g/mol. The molecule has 2 heterocycles. The molecule has 0 unspecified atom stereocenters. The Morgan fingerprint density at radius 1 is 0.938 bits per heavy atom.